The predicted octanol–water partition coefficient (Wildman–Crippen LogP) is 0.400. The highest BCUT2D eigenvalue weighted by atomic mass is 16.3. The van der Waals surface area contributed by atoms with Gasteiger partial charge in [0.2, 0.25) is 0 Å². The highest BCUT2D eigenvalue weighted by Crippen LogP contribution is 2.31. The molecular weight excluding hydrogens is 192 g/mol. The number of hydrogen-bond donors (Lipinski definition) is 2. The Labute approximate surface area is 88.3 Å². The first-order valence-corrected chi connectivity index (χ1v) is 5.41. The van der Waals surface area contributed by atoms with Crippen LogP contribution in [-0.4, -0.2) is 40.8 Å². The number of nitrogens with one attached hydrogen (secondary N) is 1. The fourth-order valence-corrected chi connectivity index (χ4v) is 2.72. The first kappa shape index (κ1) is 8.97. The minimum atomic E-state index is -0.389. The van der Waals surface area contributed by atoms with Gasteiger partial charge in [0.1, 0.15) is 0 Å². The van der Waals surface area contributed by atoms with Crippen LogP contribution in [0, 0.1) is 0 Å². The third-order valence-electron chi connectivity index (χ3n) is 3.44. The molecule has 2 aliphatic heterocycles. The van der Waals surface area contributed by atoms with Gasteiger partial charge in [-0.2, -0.15) is 0 Å². The molecule has 2 heterocycles. The summed E-state index contributed by atoms with van der Waals surface area (Å²) in [4.78, 5) is 13.5. The van der Waals surface area contributed by atoms with Crippen molar-refractivity contribution in [3.63, 3.8) is 0 Å². The Hall–Kier alpha value is -1.29. The predicted molar refractivity (Wildman–Crippen MR) is 55.3 cm³/mol. The number of rotatable bonds is 0. The number of hydrogen-bond acceptors (Lipinski definition) is 2. The molecule has 2 amide bonds. The van der Waals surface area contributed by atoms with Crippen molar-refractivity contribution < 1.29 is 9.90 Å². The lowest BCUT2D eigenvalue weighted by molar-refractivity contribution is 0.192. The number of carbonyl (C=O) groups excluding carboxylic acids is 1. The lowest BCUT2D eigenvalue weighted by Gasteiger charge is -2.28. The molecule has 15 heavy (non-hydrogen) atoms. The van der Waals surface area contributed by atoms with Gasteiger partial charge in [-0.05, 0) is 18.4 Å². The molecule has 1 aliphatic carbocycles. The normalized spacial score (nSPS) is 38.2. The minimum Gasteiger partial charge on any atom is -0.389 e. The van der Waals surface area contributed by atoms with Gasteiger partial charge in [-0.25, -0.2) is 4.79 Å². The van der Waals surface area contributed by atoms with E-state index in [-0.39, 0.29) is 24.2 Å². The van der Waals surface area contributed by atoms with Gasteiger partial charge in [-0.15, -0.1) is 0 Å². The minimum absolute atomic E-state index is 0.00319. The van der Waals surface area contributed by atoms with Gasteiger partial charge in [0.15, 0.2) is 0 Å². The van der Waals surface area contributed by atoms with Crippen LogP contribution in [0.5, 0.6) is 0 Å². The molecule has 0 spiro atoms. The van der Waals surface area contributed by atoms with Crippen molar-refractivity contribution in [1.29, 1.82) is 0 Å². The average molecular weight is 206 g/mol. The molecule has 0 radical (unpaired) electrons. The fraction of sp³-hybridized carbons (Fsp3) is 0.545. The van der Waals surface area contributed by atoms with E-state index in [1.807, 2.05) is 23.1 Å². The maximum Gasteiger partial charge on any atom is 0.318 e. The van der Waals surface area contributed by atoms with Crippen LogP contribution >= 0.6 is 0 Å². The van der Waals surface area contributed by atoms with Gasteiger partial charge in [0.25, 0.3) is 0 Å². The van der Waals surface area contributed by atoms with E-state index in [0.717, 1.165) is 25.0 Å². The van der Waals surface area contributed by atoms with Gasteiger partial charge in [-0.3, -0.25) is 0 Å². The summed E-state index contributed by atoms with van der Waals surface area (Å²) in [6.07, 6.45) is 7.10. The molecule has 0 aromatic heterocycles. The van der Waals surface area contributed by atoms with Crippen molar-refractivity contribution in [3.8, 4) is 0 Å². The number of aliphatic hydroxyl groups excluding tert-OH is 1. The summed E-state index contributed by atoms with van der Waals surface area (Å²) >= 11 is 0. The lowest BCUT2D eigenvalue weighted by atomic mass is 9.91. The van der Waals surface area contributed by atoms with Crippen molar-refractivity contribution in [3.05, 3.63) is 23.8 Å². The standard InChI is InChI=1S/C11H14N2O2/c14-9-5-2-6-13-10-7(9)3-1-4-8(10)12-11(13)15/h1,3-4,8-10,14H,2,5-6H2,(H,12,15). The van der Waals surface area contributed by atoms with Gasteiger partial charge in [0.05, 0.1) is 18.2 Å². The SMILES string of the molecule is O=C1NC2C=CC=C3C(O)CCCN1C32. The molecule has 0 saturated carbocycles. The Balaban J connectivity index is 2.03. The zero-order valence-electron chi connectivity index (χ0n) is 8.39. The summed E-state index contributed by atoms with van der Waals surface area (Å²) < 4.78 is 0. The Morgan fingerprint density at radius 3 is 3.27 bits per heavy atom. The van der Waals surface area contributed by atoms with E-state index < -0.39 is 0 Å². The van der Waals surface area contributed by atoms with Gasteiger partial charge < -0.3 is 15.3 Å². The molecule has 4 nitrogen and oxygen atoms in total. The van der Waals surface area contributed by atoms with Crippen LogP contribution in [0.25, 0.3) is 0 Å². The molecule has 2 N–H and O–H groups in total. The summed E-state index contributed by atoms with van der Waals surface area (Å²) in [5.41, 5.74) is 0.985. The zero-order chi connectivity index (χ0) is 10.4. The first-order chi connectivity index (χ1) is 7.27. The van der Waals surface area contributed by atoms with E-state index in [2.05, 4.69) is 5.32 Å². The topological polar surface area (TPSA) is 52.6 Å². The Morgan fingerprint density at radius 1 is 1.53 bits per heavy atom. The summed E-state index contributed by atoms with van der Waals surface area (Å²) in [7, 11) is 0. The van der Waals surface area contributed by atoms with Crippen molar-refractivity contribution in [1.82, 2.24) is 10.2 Å². The number of nitrogens with zero attached hydrogens (tertiary/aromatic N) is 1. The maximum atomic E-state index is 11.7. The summed E-state index contributed by atoms with van der Waals surface area (Å²) in [5, 5.41) is 12.9. The molecule has 4 heteroatoms. The third kappa shape index (κ3) is 1.21. The van der Waals surface area contributed by atoms with Crippen LogP contribution in [-0.2, 0) is 0 Å². The van der Waals surface area contributed by atoms with Crippen LogP contribution in [0.2, 0.25) is 0 Å². The summed E-state index contributed by atoms with van der Waals surface area (Å²) in [5.74, 6) is 0. The molecular formula is C11H14N2O2. The van der Waals surface area contributed by atoms with E-state index >= 15 is 0 Å². The lowest BCUT2D eigenvalue weighted by Crippen LogP contribution is -2.40. The molecule has 3 atom stereocenters. The van der Waals surface area contributed by atoms with Crippen molar-refractivity contribution in [2.24, 2.45) is 0 Å². The van der Waals surface area contributed by atoms with E-state index in [4.69, 9.17) is 0 Å². The number of amides is 2. The van der Waals surface area contributed by atoms with Crippen LogP contribution in [0.15, 0.2) is 23.8 Å². The monoisotopic (exact) mass is 206 g/mol. The van der Waals surface area contributed by atoms with Crippen LogP contribution in [0.3, 0.4) is 0 Å². The second-order valence-corrected chi connectivity index (χ2v) is 4.32. The Morgan fingerprint density at radius 2 is 2.40 bits per heavy atom. The van der Waals surface area contributed by atoms with Gasteiger partial charge in [-0.1, -0.05) is 18.2 Å². The molecule has 2 fully saturated rings. The number of carbonyl (C=O) groups is 1. The van der Waals surface area contributed by atoms with Gasteiger partial charge >= 0.3 is 6.03 Å². The molecule has 80 valence electrons. The number of allylic oxidation sites excluding steroid dienone is 2. The zero-order valence-corrected chi connectivity index (χ0v) is 8.39. The summed E-state index contributed by atoms with van der Waals surface area (Å²) in [6.45, 7) is 0.745. The molecule has 3 unspecified atom stereocenters. The number of aliphatic hydroxyl groups is 1. The first-order valence-electron chi connectivity index (χ1n) is 5.41. The van der Waals surface area contributed by atoms with Gasteiger partial charge in [0, 0.05) is 6.54 Å². The van der Waals surface area contributed by atoms with Crippen LogP contribution in [0.1, 0.15) is 12.8 Å². The summed E-state index contributed by atoms with van der Waals surface area (Å²) in [6, 6.07) is 0.0850. The molecule has 3 rings (SSSR count). The number of urea groups is 1. The quantitative estimate of drug-likeness (QED) is 0.602. The maximum absolute atomic E-state index is 11.7. The van der Waals surface area contributed by atoms with Crippen molar-refractivity contribution in [2.45, 2.75) is 31.0 Å². The van der Waals surface area contributed by atoms with E-state index in [1.54, 1.807) is 0 Å². The highest BCUT2D eigenvalue weighted by Gasteiger charge is 2.43. The van der Waals surface area contributed by atoms with E-state index in [0.29, 0.717) is 0 Å². The Bertz CT molecular complexity index is 362. The van der Waals surface area contributed by atoms with E-state index in [9.17, 15) is 9.90 Å². The van der Waals surface area contributed by atoms with E-state index in [1.165, 1.54) is 0 Å². The highest BCUT2D eigenvalue weighted by molar-refractivity contribution is 5.79. The van der Waals surface area contributed by atoms with Crippen LogP contribution < -0.4 is 5.32 Å². The molecule has 0 bridgehead atoms. The van der Waals surface area contributed by atoms with Crippen LogP contribution in [0.4, 0.5) is 4.79 Å². The third-order valence-corrected chi connectivity index (χ3v) is 3.44. The Kier molecular flexibility index (Phi) is 1.85. The fourth-order valence-electron chi connectivity index (χ4n) is 2.72. The second-order valence-electron chi connectivity index (χ2n) is 4.32. The average Bonchev–Trinajstić information content (AvgIpc) is 2.43. The molecule has 3 aliphatic rings. The second kappa shape index (κ2) is 3.10. The van der Waals surface area contributed by atoms with Crippen molar-refractivity contribution >= 4 is 6.03 Å². The molecule has 0 aromatic carbocycles. The molecule has 2 saturated heterocycles. The molecule has 0 aromatic rings. The van der Waals surface area contributed by atoms with Crippen molar-refractivity contribution in [2.75, 3.05) is 6.54 Å². The largest absolute Gasteiger partial charge is 0.389 e. The smallest absolute Gasteiger partial charge is 0.318 e.